The summed E-state index contributed by atoms with van der Waals surface area (Å²) in [7, 11) is 0. The third kappa shape index (κ3) is 3.24. The van der Waals surface area contributed by atoms with Crippen molar-refractivity contribution in [1.29, 1.82) is 0 Å². The molecule has 0 unspecified atom stereocenters. The van der Waals surface area contributed by atoms with E-state index in [-0.39, 0.29) is 24.2 Å². The molecule has 1 fully saturated rings. The molecule has 1 amide bonds. The first-order valence-corrected chi connectivity index (χ1v) is 6.07. The van der Waals surface area contributed by atoms with Gasteiger partial charge in [0.1, 0.15) is 5.82 Å². The van der Waals surface area contributed by atoms with Gasteiger partial charge in [-0.3, -0.25) is 9.69 Å². The number of benzene rings is 1. The molecule has 0 bridgehead atoms. The van der Waals surface area contributed by atoms with Gasteiger partial charge in [-0.1, -0.05) is 15.9 Å². The third-order valence-corrected chi connectivity index (χ3v) is 3.05. The second kappa shape index (κ2) is 5.12. The average molecular weight is 302 g/mol. The van der Waals surface area contributed by atoms with Crippen molar-refractivity contribution in [1.82, 2.24) is 4.90 Å². The zero-order valence-corrected chi connectivity index (χ0v) is 10.7. The van der Waals surface area contributed by atoms with E-state index in [1.807, 2.05) is 4.90 Å². The molecule has 1 aliphatic rings. The molecule has 1 aliphatic heterocycles. The summed E-state index contributed by atoms with van der Waals surface area (Å²) < 4.78 is 14.1. The highest BCUT2D eigenvalue weighted by Crippen LogP contribution is 2.19. The maximum absolute atomic E-state index is 13.4. The minimum atomic E-state index is -0.451. The van der Waals surface area contributed by atoms with Gasteiger partial charge in [-0.15, -0.1) is 0 Å². The van der Waals surface area contributed by atoms with Gasteiger partial charge in [-0.05, 0) is 18.2 Å². The van der Waals surface area contributed by atoms with Crippen molar-refractivity contribution in [3.63, 3.8) is 0 Å². The van der Waals surface area contributed by atoms with E-state index in [1.165, 1.54) is 12.1 Å². The maximum Gasteiger partial charge on any atom is 0.238 e. The zero-order valence-electron chi connectivity index (χ0n) is 9.12. The van der Waals surface area contributed by atoms with Gasteiger partial charge in [0, 0.05) is 23.6 Å². The van der Waals surface area contributed by atoms with Crippen LogP contribution in [0.2, 0.25) is 0 Å². The van der Waals surface area contributed by atoms with Crippen LogP contribution < -0.4 is 11.1 Å². The first-order chi connectivity index (χ1) is 8.04. The van der Waals surface area contributed by atoms with Gasteiger partial charge >= 0.3 is 0 Å². The van der Waals surface area contributed by atoms with E-state index >= 15 is 0 Å². The molecule has 92 valence electrons. The molecule has 0 aliphatic carbocycles. The van der Waals surface area contributed by atoms with Crippen molar-refractivity contribution >= 4 is 27.5 Å². The van der Waals surface area contributed by atoms with E-state index in [1.54, 1.807) is 6.07 Å². The summed E-state index contributed by atoms with van der Waals surface area (Å²) >= 11 is 3.15. The smallest absolute Gasteiger partial charge is 0.238 e. The van der Waals surface area contributed by atoms with Gasteiger partial charge in [0.15, 0.2) is 0 Å². The highest BCUT2D eigenvalue weighted by molar-refractivity contribution is 9.10. The lowest BCUT2D eigenvalue weighted by Gasteiger charge is -2.36. The van der Waals surface area contributed by atoms with Crippen molar-refractivity contribution in [2.45, 2.75) is 6.04 Å². The first kappa shape index (κ1) is 12.5. The summed E-state index contributed by atoms with van der Waals surface area (Å²) in [5, 5.41) is 2.53. The fourth-order valence-corrected chi connectivity index (χ4v) is 2.06. The number of halogens is 2. The van der Waals surface area contributed by atoms with Crippen LogP contribution in [0.5, 0.6) is 0 Å². The molecule has 17 heavy (non-hydrogen) atoms. The molecule has 1 aromatic rings. The molecule has 1 aromatic carbocycles. The van der Waals surface area contributed by atoms with E-state index in [9.17, 15) is 9.18 Å². The second-order valence-corrected chi connectivity index (χ2v) is 5.04. The van der Waals surface area contributed by atoms with E-state index in [4.69, 9.17) is 5.73 Å². The number of rotatable bonds is 3. The maximum atomic E-state index is 13.4. The average Bonchev–Trinajstić information content (AvgIpc) is 2.20. The Bertz CT molecular complexity index is 435. The van der Waals surface area contributed by atoms with Gasteiger partial charge in [-0.25, -0.2) is 4.39 Å². The summed E-state index contributed by atoms with van der Waals surface area (Å²) in [5.74, 6) is -0.675. The van der Waals surface area contributed by atoms with Crippen LogP contribution in [0.15, 0.2) is 22.7 Å². The minimum Gasteiger partial charge on any atom is -0.325 e. The highest BCUT2D eigenvalue weighted by atomic mass is 79.9. The number of amides is 1. The summed E-state index contributed by atoms with van der Waals surface area (Å²) in [6, 6.07) is 4.68. The number of nitrogens with one attached hydrogen (secondary N) is 1. The monoisotopic (exact) mass is 301 g/mol. The van der Waals surface area contributed by atoms with Crippen LogP contribution in [-0.4, -0.2) is 36.5 Å². The number of carbonyl (C=O) groups is 1. The Kier molecular flexibility index (Phi) is 3.76. The van der Waals surface area contributed by atoms with Crippen LogP contribution in [0.1, 0.15) is 0 Å². The molecule has 2 rings (SSSR count). The largest absolute Gasteiger partial charge is 0.325 e. The normalized spacial score (nSPS) is 16.6. The standard InChI is InChI=1S/C11H13BrFN3O/c12-7-1-2-10(9(13)3-7)15-11(17)6-16-4-8(14)5-16/h1-3,8H,4-6,14H2,(H,15,17). The lowest BCUT2D eigenvalue weighted by atomic mass is 10.1. The van der Waals surface area contributed by atoms with Crippen LogP contribution in [0, 0.1) is 5.82 Å². The lowest BCUT2D eigenvalue weighted by Crippen LogP contribution is -2.57. The van der Waals surface area contributed by atoms with Crippen molar-refractivity contribution in [2.24, 2.45) is 5.73 Å². The van der Waals surface area contributed by atoms with Crippen LogP contribution in [-0.2, 0) is 4.79 Å². The molecule has 0 radical (unpaired) electrons. The van der Waals surface area contributed by atoms with Crippen LogP contribution in [0.3, 0.4) is 0 Å². The lowest BCUT2D eigenvalue weighted by molar-refractivity contribution is -0.118. The number of nitrogens with zero attached hydrogens (tertiary/aromatic N) is 1. The van der Waals surface area contributed by atoms with Crippen molar-refractivity contribution in [2.75, 3.05) is 25.0 Å². The van der Waals surface area contributed by atoms with E-state index in [0.717, 1.165) is 13.1 Å². The molecular weight excluding hydrogens is 289 g/mol. The fraction of sp³-hybridized carbons (Fsp3) is 0.364. The number of nitrogens with two attached hydrogens (primary N) is 1. The number of anilines is 1. The van der Waals surface area contributed by atoms with Crippen molar-refractivity contribution < 1.29 is 9.18 Å². The molecule has 1 heterocycles. The topological polar surface area (TPSA) is 58.4 Å². The van der Waals surface area contributed by atoms with Crippen LogP contribution >= 0.6 is 15.9 Å². The predicted octanol–water partition coefficient (Wildman–Crippen LogP) is 1.17. The second-order valence-electron chi connectivity index (χ2n) is 4.13. The summed E-state index contributed by atoms with van der Waals surface area (Å²) in [4.78, 5) is 13.5. The SMILES string of the molecule is NC1CN(CC(=O)Nc2ccc(Br)cc2F)C1. The Hall–Kier alpha value is -0.980. The van der Waals surface area contributed by atoms with Gasteiger partial charge in [-0.2, -0.15) is 0 Å². The number of likely N-dealkylation sites (tertiary alicyclic amines) is 1. The molecule has 6 heteroatoms. The van der Waals surface area contributed by atoms with E-state index in [2.05, 4.69) is 21.2 Å². The number of hydrogen-bond donors (Lipinski definition) is 2. The third-order valence-electron chi connectivity index (χ3n) is 2.56. The number of carbonyl (C=O) groups excluding carboxylic acids is 1. The molecule has 0 spiro atoms. The quantitative estimate of drug-likeness (QED) is 0.881. The van der Waals surface area contributed by atoms with Crippen molar-refractivity contribution in [3.05, 3.63) is 28.5 Å². The summed E-state index contributed by atoms with van der Waals surface area (Å²) in [5.41, 5.74) is 5.80. The van der Waals surface area contributed by atoms with E-state index in [0.29, 0.717) is 4.47 Å². The fourth-order valence-electron chi connectivity index (χ4n) is 1.72. The van der Waals surface area contributed by atoms with Crippen LogP contribution in [0.4, 0.5) is 10.1 Å². The Balaban J connectivity index is 1.89. The molecule has 0 aromatic heterocycles. The minimum absolute atomic E-state index is 0.159. The zero-order chi connectivity index (χ0) is 12.4. The summed E-state index contributed by atoms with van der Waals surface area (Å²) in [6.45, 7) is 1.69. The predicted molar refractivity (Wildman–Crippen MR) is 67.1 cm³/mol. The summed E-state index contributed by atoms with van der Waals surface area (Å²) in [6.07, 6.45) is 0. The van der Waals surface area contributed by atoms with Gasteiger partial charge < -0.3 is 11.1 Å². The van der Waals surface area contributed by atoms with E-state index < -0.39 is 5.82 Å². The van der Waals surface area contributed by atoms with Gasteiger partial charge in [0.05, 0.1) is 12.2 Å². The van der Waals surface area contributed by atoms with Gasteiger partial charge in [0.25, 0.3) is 0 Å². The first-order valence-electron chi connectivity index (χ1n) is 5.27. The molecular formula is C11H13BrFN3O. The number of hydrogen-bond acceptors (Lipinski definition) is 3. The Labute approximate surface area is 107 Å². The molecule has 0 atom stereocenters. The highest BCUT2D eigenvalue weighted by Gasteiger charge is 2.24. The molecule has 3 N–H and O–H groups in total. The van der Waals surface area contributed by atoms with Crippen molar-refractivity contribution in [3.8, 4) is 0 Å². The Morgan fingerprint density at radius 3 is 2.88 bits per heavy atom. The molecule has 1 saturated heterocycles. The Morgan fingerprint density at radius 1 is 1.59 bits per heavy atom. The van der Waals surface area contributed by atoms with Gasteiger partial charge in [0.2, 0.25) is 5.91 Å². The molecule has 4 nitrogen and oxygen atoms in total. The molecule has 0 saturated carbocycles. The van der Waals surface area contributed by atoms with Crippen LogP contribution in [0.25, 0.3) is 0 Å². The Morgan fingerprint density at radius 2 is 2.29 bits per heavy atom.